The van der Waals surface area contributed by atoms with Crippen molar-refractivity contribution in [3.63, 3.8) is 0 Å². The summed E-state index contributed by atoms with van der Waals surface area (Å²) in [4.78, 5) is 18.1. The van der Waals surface area contributed by atoms with Crippen molar-refractivity contribution in [1.29, 1.82) is 0 Å². The number of aromatic nitrogens is 4. The van der Waals surface area contributed by atoms with Crippen LogP contribution in [0.1, 0.15) is 44.5 Å². The van der Waals surface area contributed by atoms with Crippen LogP contribution in [0.25, 0.3) is 0 Å². The van der Waals surface area contributed by atoms with Crippen molar-refractivity contribution in [2.24, 2.45) is 0 Å². The first kappa shape index (κ1) is 16.6. The molecule has 2 aromatic heterocycles. The Balaban J connectivity index is 1.71. The van der Waals surface area contributed by atoms with Gasteiger partial charge in [0.25, 0.3) is 0 Å². The molecule has 2 aromatic rings. The van der Waals surface area contributed by atoms with Gasteiger partial charge in [0.05, 0.1) is 23.5 Å². The summed E-state index contributed by atoms with van der Waals surface area (Å²) >= 11 is 0. The van der Waals surface area contributed by atoms with Crippen molar-refractivity contribution in [1.82, 2.24) is 30.2 Å². The Morgan fingerprint density at radius 3 is 2.79 bits per heavy atom. The molecule has 3 rings (SSSR count). The smallest absolute Gasteiger partial charge is 0.224 e. The van der Waals surface area contributed by atoms with Crippen LogP contribution >= 0.6 is 0 Å². The molecule has 1 aliphatic rings. The lowest BCUT2D eigenvalue weighted by molar-refractivity contribution is -0.127. The van der Waals surface area contributed by atoms with Crippen molar-refractivity contribution >= 4 is 5.91 Å². The second kappa shape index (κ2) is 6.32. The van der Waals surface area contributed by atoms with Gasteiger partial charge in [-0.15, -0.1) is 5.10 Å². The third-order valence-corrected chi connectivity index (χ3v) is 4.39. The minimum atomic E-state index is -0.0902. The molecule has 0 aromatic carbocycles. The highest BCUT2D eigenvalue weighted by Crippen LogP contribution is 2.31. The summed E-state index contributed by atoms with van der Waals surface area (Å²) in [5.41, 5.74) is 1.83. The second-order valence-electron chi connectivity index (χ2n) is 7.25. The standard InChI is InChI=1S/C17H24N6O/c1-17(2,3)23-11-13(20-21-23)10-19-14-8-15(24)22(4)16(14)12-6-5-7-18-9-12/h5-7,9,11,14,16,19H,8,10H2,1-4H3/t14-,16+/m1/s1. The van der Waals surface area contributed by atoms with Gasteiger partial charge in [-0.1, -0.05) is 11.3 Å². The molecule has 128 valence electrons. The maximum atomic E-state index is 12.1. The first-order valence-corrected chi connectivity index (χ1v) is 8.17. The Kier molecular flexibility index (Phi) is 4.36. The van der Waals surface area contributed by atoms with Gasteiger partial charge in [0.1, 0.15) is 0 Å². The topological polar surface area (TPSA) is 75.9 Å². The highest BCUT2D eigenvalue weighted by molar-refractivity contribution is 5.80. The third-order valence-electron chi connectivity index (χ3n) is 4.39. The van der Waals surface area contributed by atoms with Crippen molar-refractivity contribution in [2.75, 3.05) is 7.05 Å². The Labute approximate surface area is 142 Å². The number of rotatable bonds is 4. The Bertz CT molecular complexity index is 705. The van der Waals surface area contributed by atoms with Crippen molar-refractivity contribution in [3.8, 4) is 0 Å². The van der Waals surface area contributed by atoms with Crippen LogP contribution in [0.15, 0.2) is 30.7 Å². The van der Waals surface area contributed by atoms with E-state index in [0.29, 0.717) is 13.0 Å². The maximum absolute atomic E-state index is 12.1. The van der Waals surface area contributed by atoms with Crippen LogP contribution in [0.4, 0.5) is 0 Å². The summed E-state index contributed by atoms with van der Waals surface area (Å²) in [6.07, 6.45) is 5.99. The van der Waals surface area contributed by atoms with Crippen LogP contribution in [-0.2, 0) is 16.9 Å². The molecule has 0 spiro atoms. The largest absolute Gasteiger partial charge is 0.337 e. The number of amides is 1. The van der Waals surface area contributed by atoms with E-state index in [-0.39, 0.29) is 23.5 Å². The van der Waals surface area contributed by atoms with Crippen LogP contribution in [0.2, 0.25) is 0 Å². The van der Waals surface area contributed by atoms with Crippen molar-refractivity contribution < 1.29 is 4.79 Å². The van der Waals surface area contributed by atoms with E-state index in [0.717, 1.165) is 11.3 Å². The SMILES string of the molecule is CN1C(=O)C[C@@H](NCc2cn(C(C)(C)C)nn2)[C@@H]1c1cccnc1. The van der Waals surface area contributed by atoms with Gasteiger partial charge in [-0.25, -0.2) is 4.68 Å². The van der Waals surface area contributed by atoms with Crippen LogP contribution in [0.5, 0.6) is 0 Å². The molecule has 0 radical (unpaired) electrons. The molecular formula is C17H24N6O. The van der Waals surface area contributed by atoms with E-state index >= 15 is 0 Å². The van der Waals surface area contributed by atoms with Gasteiger partial charge in [0.2, 0.25) is 5.91 Å². The molecule has 1 aliphatic heterocycles. The molecule has 1 amide bonds. The molecule has 3 heterocycles. The lowest BCUT2D eigenvalue weighted by Gasteiger charge is -2.25. The van der Waals surface area contributed by atoms with Gasteiger partial charge in [-0.3, -0.25) is 9.78 Å². The summed E-state index contributed by atoms with van der Waals surface area (Å²) in [6.45, 7) is 6.84. The van der Waals surface area contributed by atoms with Gasteiger partial charge in [-0.05, 0) is 32.4 Å². The van der Waals surface area contributed by atoms with Crippen LogP contribution in [0, 0.1) is 0 Å². The number of pyridine rings is 1. The van der Waals surface area contributed by atoms with Crippen LogP contribution < -0.4 is 5.32 Å². The zero-order chi connectivity index (χ0) is 17.3. The predicted octanol–water partition coefficient (Wildman–Crippen LogP) is 1.49. The fraction of sp³-hybridized carbons (Fsp3) is 0.529. The second-order valence-corrected chi connectivity index (χ2v) is 7.25. The highest BCUT2D eigenvalue weighted by Gasteiger charge is 2.38. The normalized spacial score (nSPS) is 21.5. The van der Waals surface area contributed by atoms with Gasteiger partial charge >= 0.3 is 0 Å². The Morgan fingerprint density at radius 1 is 1.38 bits per heavy atom. The summed E-state index contributed by atoms with van der Waals surface area (Å²) in [7, 11) is 1.84. The molecule has 0 aliphatic carbocycles. The average Bonchev–Trinajstić information content (AvgIpc) is 3.12. The monoisotopic (exact) mass is 328 g/mol. The Hall–Kier alpha value is -2.28. The number of carbonyl (C=O) groups is 1. The zero-order valence-electron chi connectivity index (χ0n) is 14.6. The molecule has 0 bridgehead atoms. The molecule has 1 saturated heterocycles. The highest BCUT2D eigenvalue weighted by atomic mass is 16.2. The van der Waals surface area contributed by atoms with Crippen molar-refractivity contribution in [3.05, 3.63) is 42.0 Å². The summed E-state index contributed by atoms with van der Waals surface area (Å²) in [6, 6.07) is 3.94. The average molecular weight is 328 g/mol. The zero-order valence-corrected chi connectivity index (χ0v) is 14.6. The van der Waals surface area contributed by atoms with Crippen LogP contribution in [0.3, 0.4) is 0 Å². The molecule has 7 nitrogen and oxygen atoms in total. The first-order chi connectivity index (χ1) is 11.4. The van der Waals surface area contributed by atoms with Gasteiger partial charge < -0.3 is 10.2 Å². The molecule has 0 saturated carbocycles. The third kappa shape index (κ3) is 3.31. The molecule has 1 fully saturated rings. The summed E-state index contributed by atoms with van der Waals surface area (Å²) < 4.78 is 1.86. The minimum Gasteiger partial charge on any atom is -0.337 e. The first-order valence-electron chi connectivity index (χ1n) is 8.17. The van der Waals surface area contributed by atoms with E-state index in [2.05, 4.69) is 41.4 Å². The van der Waals surface area contributed by atoms with E-state index in [1.165, 1.54) is 0 Å². The van der Waals surface area contributed by atoms with E-state index < -0.39 is 0 Å². The maximum Gasteiger partial charge on any atom is 0.224 e. The van der Waals surface area contributed by atoms with E-state index in [1.807, 2.05) is 36.3 Å². The lowest BCUT2D eigenvalue weighted by atomic mass is 10.0. The molecule has 7 heteroatoms. The van der Waals surface area contributed by atoms with Gasteiger partial charge in [-0.2, -0.15) is 0 Å². The van der Waals surface area contributed by atoms with Crippen molar-refractivity contribution in [2.45, 2.75) is 51.4 Å². The molecule has 1 N–H and O–H groups in total. The number of nitrogens with zero attached hydrogens (tertiary/aromatic N) is 5. The number of carbonyl (C=O) groups excluding carboxylic acids is 1. The summed E-state index contributed by atoms with van der Waals surface area (Å²) in [5.74, 6) is 0.139. The predicted molar refractivity (Wildman–Crippen MR) is 90.0 cm³/mol. The van der Waals surface area contributed by atoms with Gasteiger partial charge in [0.15, 0.2) is 0 Å². The van der Waals surface area contributed by atoms with Gasteiger partial charge in [0, 0.05) is 38.4 Å². The molecule has 2 atom stereocenters. The minimum absolute atomic E-state index is 0.0103. The van der Waals surface area contributed by atoms with E-state index in [1.54, 1.807) is 11.1 Å². The van der Waals surface area contributed by atoms with Crippen LogP contribution in [-0.4, -0.2) is 43.9 Å². The fourth-order valence-corrected chi connectivity index (χ4v) is 3.00. The van der Waals surface area contributed by atoms with E-state index in [9.17, 15) is 4.79 Å². The lowest BCUT2D eigenvalue weighted by Crippen LogP contribution is -2.35. The number of nitrogens with one attached hydrogen (secondary N) is 1. The summed E-state index contributed by atoms with van der Waals surface area (Å²) in [5, 5.41) is 11.9. The van der Waals surface area contributed by atoms with E-state index in [4.69, 9.17) is 0 Å². The number of hydrogen-bond acceptors (Lipinski definition) is 5. The number of hydrogen-bond donors (Lipinski definition) is 1. The molecular weight excluding hydrogens is 304 g/mol. The number of likely N-dealkylation sites (N-methyl/N-ethyl adjacent to an activating group) is 1. The Morgan fingerprint density at radius 2 is 2.17 bits per heavy atom. The fourth-order valence-electron chi connectivity index (χ4n) is 3.00. The number of likely N-dealkylation sites (tertiary alicyclic amines) is 1. The quantitative estimate of drug-likeness (QED) is 0.920. The molecule has 0 unspecified atom stereocenters. The molecule has 24 heavy (non-hydrogen) atoms.